The molecule has 4 heteroatoms. The van der Waals surface area contributed by atoms with Crippen LogP contribution in [0.15, 0.2) is 28.7 Å². The first kappa shape index (κ1) is 9.68. The molecule has 0 atom stereocenters. The van der Waals surface area contributed by atoms with Crippen LogP contribution in [0.4, 0.5) is 0 Å². The molecule has 0 spiro atoms. The van der Waals surface area contributed by atoms with Gasteiger partial charge < -0.3 is 0 Å². The Balaban J connectivity index is 2.87. The number of rotatable bonds is 0. The van der Waals surface area contributed by atoms with Gasteiger partial charge in [0.1, 0.15) is 5.15 Å². The summed E-state index contributed by atoms with van der Waals surface area (Å²) in [5, 5.41) is 1.62. The molecule has 0 aliphatic rings. The van der Waals surface area contributed by atoms with Gasteiger partial charge in [-0.25, -0.2) is 4.98 Å². The van der Waals surface area contributed by atoms with Gasteiger partial charge in [0.2, 0.25) is 0 Å². The van der Waals surface area contributed by atoms with Crippen LogP contribution < -0.4 is 0 Å². The fraction of sp³-hybridized carbons (Fsp3) is 0. The van der Waals surface area contributed by atoms with E-state index >= 15 is 0 Å². The van der Waals surface area contributed by atoms with Crippen LogP contribution in [-0.2, 0) is 0 Å². The molecule has 0 unspecified atom stereocenters. The predicted octanol–water partition coefficient (Wildman–Crippen LogP) is 4.26. The van der Waals surface area contributed by atoms with Crippen LogP contribution in [0.1, 0.15) is 0 Å². The molecule has 0 N–H and O–H groups in total. The van der Waals surface area contributed by atoms with Crippen LogP contribution in [-0.4, -0.2) is 4.98 Å². The lowest BCUT2D eigenvalue weighted by atomic mass is 10.2. The molecule has 2 aromatic rings. The fourth-order valence-electron chi connectivity index (χ4n) is 1.13. The maximum Gasteiger partial charge on any atom is 0.129 e. The lowest BCUT2D eigenvalue weighted by molar-refractivity contribution is 1.40. The molecule has 0 fully saturated rings. The third kappa shape index (κ3) is 1.97. The lowest BCUT2D eigenvalue weighted by Crippen LogP contribution is -1.82. The highest BCUT2D eigenvalue weighted by atomic mass is 127. The minimum Gasteiger partial charge on any atom is -0.235 e. The summed E-state index contributed by atoms with van der Waals surface area (Å²) in [6.07, 6.45) is 0. The zero-order valence-electron chi connectivity index (χ0n) is 6.39. The molecule has 0 bridgehead atoms. The summed E-state index contributed by atoms with van der Waals surface area (Å²) in [6.45, 7) is 0. The van der Waals surface area contributed by atoms with Crippen molar-refractivity contribution in [3.8, 4) is 0 Å². The van der Waals surface area contributed by atoms with Crippen molar-refractivity contribution in [3.05, 3.63) is 37.5 Å². The normalized spacial score (nSPS) is 10.7. The van der Waals surface area contributed by atoms with Crippen LogP contribution >= 0.6 is 50.1 Å². The molecule has 0 aliphatic heterocycles. The van der Waals surface area contributed by atoms with Crippen LogP contribution in [0, 0.1) is 3.57 Å². The number of nitrogens with zero attached hydrogens (tertiary/aromatic N) is 1. The average Bonchev–Trinajstić information content (AvgIpc) is 2.06. The monoisotopic (exact) mass is 367 g/mol. The number of hydrogen-bond donors (Lipinski definition) is 0. The number of benzene rings is 1. The molecule has 66 valence electrons. The topological polar surface area (TPSA) is 12.9 Å². The Morgan fingerprint density at radius 1 is 1.31 bits per heavy atom. The van der Waals surface area contributed by atoms with Crippen molar-refractivity contribution in [2.24, 2.45) is 0 Å². The summed E-state index contributed by atoms with van der Waals surface area (Å²) in [6, 6.07) is 7.86. The molecule has 0 saturated carbocycles. The second-order valence-corrected chi connectivity index (χ2v) is 5.08. The largest absolute Gasteiger partial charge is 0.235 e. The highest BCUT2D eigenvalue weighted by Gasteiger charge is 2.02. The fourth-order valence-corrected chi connectivity index (χ4v) is 2.92. The Hall–Kier alpha value is 0.130. The van der Waals surface area contributed by atoms with E-state index in [2.05, 4.69) is 49.6 Å². The first-order chi connectivity index (χ1) is 6.16. The van der Waals surface area contributed by atoms with E-state index in [0.29, 0.717) is 5.15 Å². The molecule has 0 aliphatic carbocycles. The predicted molar refractivity (Wildman–Crippen MR) is 67.2 cm³/mol. The number of hydrogen-bond acceptors (Lipinski definition) is 1. The van der Waals surface area contributed by atoms with Crippen molar-refractivity contribution in [1.82, 2.24) is 4.98 Å². The van der Waals surface area contributed by atoms with Crippen molar-refractivity contribution in [3.63, 3.8) is 0 Å². The summed E-state index contributed by atoms with van der Waals surface area (Å²) in [5.41, 5.74) is 0.910. The van der Waals surface area contributed by atoms with Gasteiger partial charge in [-0.3, -0.25) is 0 Å². The minimum atomic E-state index is 0.523. The van der Waals surface area contributed by atoms with E-state index in [9.17, 15) is 0 Å². The maximum absolute atomic E-state index is 5.80. The molecule has 0 radical (unpaired) electrons. The molecular formula is C9H4BrClIN. The molecule has 0 saturated heterocycles. The van der Waals surface area contributed by atoms with E-state index < -0.39 is 0 Å². The lowest BCUT2D eigenvalue weighted by Gasteiger charge is -2.01. The Kier molecular flexibility index (Phi) is 2.76. The first-order valence-corrected chi connectivity index (χ1v) is 5.83. The number of pyridine rings is 1. The van der Waals surface area contributed by atoms with Crippen molar-refractivity contribution in [2.75, 3.05) is 0 Å². The summed E-state index contributed by atoms with van der Waals surface area (Å²) >= 11 is 11.5. The van der Waals surface area contributed by atoms with Gasteiger partial charge >= 0.3 is 0 Å². The average molecular weight is 368 g/mol. The van der Waals surface area contributed by atoms with Gasteiger partial charge in [0.15, 0.2) is 0 Å². The zero-order chi connectivity index (χ0) is 9.42. The summed E-state index contributed by atoms with van der Waals surface area (Å²) in [4.78, 5) is 4.23. The Bertz CT molecular complexity index is 472. The van der Waals surface area contributed by atoms with Crippen LogP contribution in [0.2, 0.25) is 5.15 Å². The van der Waals surface area contributed by atoms with E-state index in [4.69, 9.17) is 11.6 Å². The molecule has 13 heavy (non-hydrogen) atoms. The number of aromatic nitrogens is 1. The molecule has 1 aromatic heterocycles. The summed E-state index contributed by atoms with van der Waals surface area (Å²) in [7, 11) is 0. The summed E-state index contributed by atoms with van der Waals surface area (Å²) < 4.78 is 2.16. The van der Waals surface area contributed by atoms with E-state index in [0.717, 1.165) is 15.4 Å². The SMILES string of the molecule is Clc1ccc2cc(I)cc(Br)c2n1. The van der Waals surface area contributed by atoms with E-state index in [1.807, 2.05) is 12.1 Å². The third-order valence-corrected chi connectivity index (χ3v) is 3.11. The van der Waals surface area contributed by atoms with Gasteiger partial charge in [-0.15, -0.1) is 0 Å². The Labute approximate surface area is 103 Å². The van der Waals surface area contributed by atoms with E-state index in [1.165, 1.54) is 3.57 Å². The number of halogens is 3. The highest BCUT2D eigenvalue weighted by Crippen LogP contribution is 2.26. The van der Waals surface area contributed by atoms with E-state index in [1.54, 1.807) is 6.07 Å². The molecule has 1 aromatic carbocycles. The Morgan fingerprint density at radius 2 is 2.08 bits per heavy atom. The standard InChI is InChI=1S/C9H4BrClIN/c10-7-4-6(12)3-5-1-2-8(11)13-9(5)7/h1-4H. The second-order valence-electron chi connectivity index (χ2n) is 2.59. The Morgan fingerprint density at radius 3 is 2.85 bits per heavy atom. The highest BCUT2D eigenvalue weighted by molar-refractivity contribution is 14.1. The molecule has 1 heterocycles. The number of fused-ring (bicyclic) bond motifs is 1. The van der Waals surface area contributed by atoms with Gasteiger partial charge in [0, 0.05) is 13.4 Å². The second kappa shape index (κ2) is 3.71. The van der Waals surface area contributed by atoms with Crippen molar-refractivity contribution < 1.29 is 0 Å². The van der Waals surface area contributed by atoms with Gasteiger partial charge in [-0.2, -0.15) is 0 Å². The zero-order valence-corrected chi connectivity index (χ0v) is 10.9. The van der Waals surface area contributed by atoms with Crippen molar-refractivity contribution >= 4 is 61.0 Å². The van der Waals surface area contributed by atoms with E-state index in [-0.39, 0.29) is 0 Å². The minimum absolute atomic E-state index is 0.523. The van der Waals surface area contributed by atoms with Crippen molar-refractivity contribution in [1.29, 1.82) is 0 Å². The third-order valence-electron chi connectivity index (χ3n) is 1.68. The molecule has 2 rings (SSSR count). The molecule has 1 nitrogen and oxygen atoms in total. The van der Waals surface area contributed by atoms with Crippen LogP contribution in [0.25, 0.3) is 10.9 Å². The molecular weight excluding hydrogens is 364 g/mol. The first-order valence-electron chi connectivity index (χ1n) is 3.58. The smallest absolute Gasteiger partial charge is 0.129 e. The van der Waals surface area contributed by atoms with Gasteiger partial charge in [0.05, 0.1) is 5.52 Å². The van der Waals surface area contributed by atoms with Crippen LogP contribution in [0.3, 0.4) is 0 Å². The van der Waals surface area contributed by atoms with Gasteiger partial charge in [-0.1, -0.05) is 11.6 Å². The maximum atomic E-state index is 5.80. The van der Waals surface area contributed by atoms with Crippen molar-refractivity contribution in [2.45, 2.75) is 0 Å². The summed E-state index contributed by atoms with van der Waals surface area (Å²) in [5.74, 6) is 0. The van der Waals surface area contributed by atoms with Gasteiger partial charge in [-0.05, 0) is 62.8 Å². The van der Waals surface area contributed by atoms with Crippen LogP contribution in [0.5, 0.6) is 0 Å². The quantitative estimate of drug-likeness (QED) is 0.500. The van der Waals surface area contributed by atoms with Gasteiger partial charge in [0.25, 0.3) is 0 Å². The molecule has 0 amide bonds.